The number of rotatable bonds is 7. The summed E-state index contributed by atoms with van der Waals surface area (Å²) in [6, 6.07) is 13.0. The lowest BCUT2D eigenvalue weighted by molar-refractivity contribution is -0.0500. The number of nitrogens with one attached hydrogen (secondary N) is 1. The minimum absolute atomic E-state index is 0.134. The lowest BCUT2D eigenvalue weighted by atomic mass is 10.1. The molecule has 0 aliphatic rings. The zero-order valence-electron chi connectivity index (χ0n) is 17.9. The lowest BCUT2D eigenvalue weighted by Crippen LogP contribution is -2.03. The Balaban J connectivity index is 1.38. The summed E-state index contributed by atoms with van der Waals surface area (Å²) in [5, 5.41) is 15.7. The van der Waals surface area contributed by atoms with Crippen molar-refractivity contribution in [2.75, 3.05) is 5.32 Å². The molecular weight excluding hydrogens is 447 g/mol. The summed E-state index contributed by atoms with van der Waals surface area (Å²) in [6.45, 7) is -3.01. The Hall–Kier alpha value is -4.41. The second-order valence-electron chi connectivity index (χ2n) is 7.46. The van der Waals surface area contributed by atoms with Crippen LogP contribution in [0.1, 0.15) is 11.4 Å². The van der Waals surface area contributed by atoms with Gasteiger partial charge in [0, 0.05) is 38.0 Å². The number of fused-ring (bicyclic) bond motifs is 1. The molecule has 1 N–H and O–H groups in total. The van der Waals surface area contributed by atoms with E-state index in [1.807, 2.05) is 37.4 Å². The fourth-order valence-corrected chi connectivity index (χ4v) is 3.56. The van der Waals surface area contributed by atoms with Gasteiger partial charge in [0.05, 0.1) is 6.20 Å². The number of hydrogen-bond acceptors (Lipinski definition) is 6. The van der Waals surface area contributed by atoms with Gasteiger partial charge in [0.15, 0.2) is 5.65 Å². The maximum absolute atomic E-state index is 14.4. The van der Waals surface area contributed by atoms with Crippen molar-refractivity contribution in [3.8, 4) is 16.9 Å². The number of benzene rings is 1. The first-order valence-corrected chi connectivity index (χ1v) is 10.2. The topological polar surface area (TPSA) is 82.2 Å². The molecule has 0 saturated heterocycles. The van der Waals surface area contributed by atoms with E-state index in [-0.39, 0.29) is 12.2 Å². The second-order valence-corrected chi connectivity index (χ2v) is 7.46. The van der Waals surface area contributed by atoms with E-state index in [0.29, 0.717) is 22.9 Å². The largest absolute Gasteiger partial charge is 0.435 e. The fourth-order valence-electron chi connectivity index (χ4n) is 3.56. The van der Waals surface area contributed by atoms with Crippen molar-refractivity contribution < 1.29 is 17.9 Å². The molecule has 4 aromatic heterocycles. The quantitative estimate of drug-likeness (QED) is 0.378. The van der Waals surface area contributed by atoms with Crippen LogP contribution in [0.15, 0.2) is 67.1 Å². The number of alkyl halides is 2. The Bertz CT molecular complexity index is 1460. The molecule has 0 spiro atoms. The average Bonchev–Trinajstić information content (AvgIpc) is 3.41. The highest BCUT2D eigenvalue weighted by Gasteiger charge is 2.13. The average molecular weight is 465 g/mol. The van der Waals surface area contributed by atoms with Crippen LogP contribution in [-0.2, 0) is 13.5 Å². The SMILES string of the molecule is Cn1nccc1Nc1cc(-c2ccn3c(Cc4ccc(OC(F)F)cc4F)nnc3c2)ccn1. The molecule has 0 atom stereocenters. The van der Waals surface area contributed by atoms with Gasteiger partial charge in [0.2, 0.25) is 0 Å². The van der Waals surface area contributed by atoms with Crippen molar-refractivity contribution in [3.63, 3.8) is 0 Å². The van der Waals surface area contributed by atoms with Crippen molar-refractivity contribution in [2.24, 2.45) is 7.05 Å². The van der Waals surface area contributed by atoms with Gasteiger partial charge >= 0.3 is 6.61 Å². The molecular formula is C23H18F3N7O. The van der Waals surface area contributed by atoms with Crippen LogP contribution >= 0.6 is 0 Å². The standard InChI is InChI=1S/C23H18F3N7O/c1-32-20(5-8-28-32)29-19-10-14(4-7-27-19)15-6-9-33-21(11-15)30-31-22(33)12-16-2-3-17(13-18(16)24)34-23(25)26/h2-11,13,23H,12H2,1H3,(H,27,29). The predicted molar refractivity (Wildman–Crippen MR) is 119 cm³/mol. The predicted octanol–water partition coefficient (Wildman–Crippen LogP) is 4.60. The van der Waals surface area contributed by atoms with Crippen molar-refractivity contribution in [2.45, 2.75) is 13.0 Å². The molecule has 0 radical (unpaired) electrons. The molecule has 0 aliphatic heterocycles. The Morgan fingerprint density at radius 2 is 1.85 bits per heavy atom. The molecule has 0 saturated carbocycles. The van der Waals surface area contributed by atoms with E-state index in [2.05, 4.69) is 30.3 Å². The summed E-state index contributed by atoms with van der Waals surface area (Å²) in [7, 11) is 1.83. The van der Waals surface area contributed by atoms with Gasteiger partial charge in [-0.1, -0.05) is 6.07 Å². The molecule has 0 fully saturated rings. The van der Waals surface area contributed by atoms with Gasteiger partial charge in [-0.3, -0.25) is 9.08 Å². The lowest BCUT2D eigenvalue weighted by Gasteiger charge is -2.09. The maximum atomic E-state index is 14.4. The van der Waals surface area contributed by atoms with Crippen molar-refractivity contribution in [3.05, 3.63) is 84.3 Å². The summed E-state index contributed by atoms with van der Waals surface area (Å²) in [5.41, 5.74) is 2.71. The van der Waals surface area contributed by atoms with Crippen LogP contribution in [-0.4, -0.2) is 36.0 Å². The van der Waals surface area contributed by atoms with Gasteiger partial charge in [-0.25, -0.2) is 9.37 Å². The van der Waals surface area contributed by atoms with Gasteiger partial charge in [0.25, 0.3) is 0 Å². The maximum Gasteiger partial charge on any atom is 0.387 e. The van der Waals surface area contributed by atoms with Crippen LogP contribution in [0.2, 0.25) is 0 Å². The van der Waals surface area contributed by atoms with E-state index >= 15 is 0 Å². The van der Waals surface area contributed by atoms with E-state index in [4.69, 9.17) is 0 Å². The number of pyridine rings is 2. The zero-order chi connectivity index (χ0) is 23.7. The number of ether oxygens (including phenoxy) is 1. The Labute approximate surface area is 191 Å². The van der Waals surface area contributed by atoms with Crippen LogP contribution in [0.4, 0.5) is 24.8 Å². The third-order valence-electron chi connectivity index (χ3n) is 5.25. The summed E-state index contributed by atoms with van der Waals surface area (Å²) in [4.78, 5) is 4.35. The molecule has 0 aliphatic carbocycles. The van der Waals surface area contributed by atoms with Crippen LogP contribution in [0, 0.1) is 5.82 Å². The smallest absolute Gasteiger partial charge is 0.387 e. The zero-order valence-corrected chi connectivity index (χ0v) is 17.9. The normalized spacial score (nSPS) is 11.3. The molecule has 5 rings (SSSR count). The first kappa shape index (κ1) is 21.4. The van der Waals surface area contributed by atoms with Gasteiger partial charge in [-0.05, 0) is 47.0 Å². The van der Waals surface area contributed by atoms with E-state index in [1.165, 1.54) is 12.1 Å². The summed E-state index contributed by atoms with van der Waals surface area (Å²) >= 11 is 0. The number of anilines is 2. The molecule has 0 amide bonds. The van der Waals surface area contributed by atoms with E-state index in [1.54, 1.807) is 27.7 Å². The minimum atomic E-state index is -3.01. The van der Waals surface area contributed by atoms with E-state index in [9.17, 15) is 13.2 Å². The van der Waals surface area contributed by atoms with Gasteiger partial charge in [0.1, 0.15) is 29.0 Å². The van der Waals surface area contributed by atoms with Gasteiger partial charge < -0.3 is 10.1 Å². The molecule has 0 unspecified atom stereocenters. The number of aryl methyl sites for hydroxylation is 1. The van der Waals surface area contributed by atoms with Crippen molar-refractivity contribution >= 4 is 17.3 Å². The second kappa shape index (κ2) is 8.85. The van der Waals surface area contributed by atoms with Crippen LogP contribution < -0.4 is 10.1 Å². The molecule has 5 aromatic rings. The highest BCUT2D eigenvalue weighted by molar-refractivity contribution is 5.70. The summed E-state index contributed by atoms with van der Waals surface area (Å²) in [5.74, 6) is 1.09. The molecule has 8 nitrogen and oxygen atoms in total. The molecule has 1 aromatic carbocycles. The number of nitrogens with zero attached hydrogens (tertiary/aromatic N) is 6. The first-order chi connectivity index (χ1) is 16.5. The third kappa shape index (κ3) is 4.40. The van der Waals surface area contributed by atoms with Crippen molar-refractivity contribution in [1.29, 1.82) is 0 Å². The van der Waals surface area contributed by atoms with Crippen LogP contribution in [0.25, 0.3) is 16.8 Å². The summed E-state index contributed by atoms with van der Waals surface area (Å²) in [6.07, 6.45) is 5.34. The first-order valence-electron chi connectivity index (χ1n) is 10.2. The molecule has 172 valence electrons. The van der Waals surface area contributed by atoms with Gasteiger partial charge in [-0.15, -0.1) is 10.2 Å². The Kier molecular flexibility index (Phi) is 5.58. The highest BCUT2D eigenvalue weighted by atomic mass is 19.3. The number of halogens is 3. The number of hydrogen-bond donors (Lipinski definition) is 1. The van der Waals surface area contributed by atoms with Gasteiger partial charge in [-0.2, -0.15) is 13.9 Å². The third-order valence-corrected chi connectivity index (χ3v) is 5.25. The van der Waals surface area contributed by atoms with Crippen LogP contribution in [0.5, 0.6) is 5.75 Å². The summed E-state index contributed by atoms with van der Waals surface area (Å²) < 4.78 is 46.7. The molecule has 34 heavy (non-hydrogen) atoms. The Morgan fingerprint density at radius 3 is 2.62 bits per heavy atom. The molecule has 4 heterocycles. The van der Waals surface area contributed by atoms with Crippen LogP contribution in [0.3, 0.4) is 0 Å². The van der Waals surface area contributed by atoms with E-state index < -0.39 is 12.4 Å². The number of aromatic nitrogens is 6. The van der Waals surface area contributed by atoms with E-state index in [0.717, 1.165) is 23.0 Å². The highest BCUT2D eigenvalue weighted by Crippen LogP contribution is 2.25. The minimum Gasteiger partial charge on any atom is -0.435 e. The monoisotopic (exact) mass is 465 g/mol. The van der Waals surface area contributed by atoms with Crippen molar-refractivity contribution in [1.82, 2.24) is 29.4 Å². The molecule has 11 heteroatoms. The fraction of sp³-hybridized carbons (Fsp3) is 0.130. The molecule has 0 bridgehead atoms. The Morgan fingerprint density at radius 1 is 1.00 bits per heavy atom.